The van der Waals surface area contributed by atoms with Crippen LogP contribution in [0.25, 0.3) is 22.7 Å². The molecule has 1 atom stereocenters. The highest BCUT2D eigenvalue weighted by molar-refractivity contribution is 9.10. The van der Waals surface area contributed by atoms with E-state index in [0.29, 0.717) is 34.8 Å². The lowest BCUT2D eigenvalue weighted by Crippen LogP contribution is -2.46. The molecule has 9 nitrogen and oxygen atoms in total. The molecule has 1 aliphatic heterocycles. The maximum Gasteiger partial charge on any atom is 0.417 e. The van der Waals surface area contributed by atoms with Crippen LogP contribution in [0.1, 0.15) is 45.2 Å². The maximum absolute atomic E-state index is 14.4. The van der Waals surface area contributed by atoms with E-state index in [1.807, 2.05) is 54.6 Å². The number of hydrogen-bond donors (Lipinski definition) is 1. The summed E-state index contributed by atoms with van der Waals surface area (Å²) in [5, 5.41) is 12.6. The third-order valence-corrected chi connectivity index (χ3v) is 8.97. The van der Waals surface area contributed by atoms with Gasteiger partial charge in [-0.05, 0) is 61.4 Å². The van der Waals surface area contributed by atoms with Crippen LogP contribution >= 0.6 is 15.9 Å². The van der Waals surface area contributed by atoms with Crippen LogP contribution in [0.2, 0.25) is 0 Å². The first kappa shape index (κ1) is 29.7. The number of halogens is 4. The number of rotatable bonds is 5. The van der Waals surface area contributed by atoms with Gasteiger partial charge in [0.1, 0.15) is 12.0 Å². The van der Waals surface area contributed by atoms with Crippen LogP contribution in [0, 0.1) is 0 Å². The fraction of sp³-hybridized carbons (Fsp3) is 0.182. The summed E-state index contributed by atoms with van der Waals surface area (Å²) in [5.41, 5.74) is 3.53. The highest BCUT2D eigenvalue weighted by atomic mass is 79.9. The average Bonchev–Trinajstić information content (AvgIpc) is 3.73. The Balaban J connectivity index is 1.35. The predicted molar refractivity (Wildman–Crippen MR) is 168 cm³/mol. The van der Waals surface area contributed by atoms with Crippen LogP contribution in [0.4, 0.5) is 13.2 Å². The number of aromatic nitrogens is 6. The van der Waals surface area contributed by atoms with Crippen molar-refractivity contribution < 1.29 is 18.0 Å². The Bertz CT molecular complexity index is 2140. The zero-order valence-corrected chi connectivity index (χ0v) is 25.9. The fourth-order valence-electron chi connectivity index (χ4n) is 5.99. The molecule has 1 N–H and O–H groups in total. The molecule has 6 aromatic rings. The Labute approximate surface area is 268 Å². The molecule has 232 valence electrons. The number of nitrogens with zero attached hydrogens (tertiary/aromatic N) is 6. The minimum Gasteiger partial charge on any atom is -0.330 e. The van der Waals surface area contributed by atoms with Gasteiger partial charge in [0.15, 0.2) is 5.82 Å². The smallest absolute Gasteiger partial charge is 0.330 e. The van der Waals surface area contributed by atoms with Crippen LogP contribution < -0.4 is 5.56 Å². The number of aromatic amines is 1. The van der Waals surface area contributed by atoms with Crippen molar-refractivity contribution >= 4 is 27.5 Å². The molecular weight excluding hydrogens is 663 g/mol. The van der Waals surface area contributed by atoms with Crippen molar-refractivity contribution in [2.75, 3.05) is 0 Å². The van der Waals surface area contributed by atoms with E-state index in [9.17, 15) is 22.8 Å². The molecule has 0 bridgehead atoms. The Morgan fingerprint density at radius 2 is 1.83 bits per heavy atom. The van der Waals surface area contributed by atoms with Crippen LogP contribution in [0.15, 0.2) is 94.6 Å². The largest absolute Gasteiger partial charge is 0.417 e. The van der Waals surface area contributed by atoms with Crippen LogP contribution in [0.5, 0.6) is 0 Å². The lowest BCUT2D eigenvalue weighted by Gasteiger charge is -2.35. The minimum atomic E-state index is -4.64. The minimum absolute atomic E-state index is 0.00375. The van der Waals surface area contributed by atoms with E-state index in [-0.39, 0.29) is 28.6 Å². The Morgan fingerprint density at radius 1 is 1.07 bits per heavy atom. The summed E-state index contributed by atoms with van der Waals surface area (Å²) in [5.74, 6) is 0.0310. The number of amides is 1. The fourth-order valence-corrected chi connectivity index (χ4v) is 6.46. The van der Waals surface area contributed by atoms with Gasteiger partial charge in [-0.25, -0.2) is 4.52 Å². The summed E-state index contributed by atoms with van der Waals surface area (Å²) >= 11 is 2.94. The first-order chi connectivity index (χ1) is 22.1. The summed E-state index contributed by atoms with van der Waals surface area (Å²) in [6.07, 6.45) is -0.733. The molecule has 1 amide bonds. The van der Waals surface area contributed by atoms with Gasteiger partial charge in [-0.1, -0.05) is 46.3 Å². The van der Waals surface area contributed by atoms with Gasteiger partial charge in [-0.2, -0.15) is 18.3 Å². The monoisotopic (exact) mass is 687 g/mol. The van der Waals surface area contributed by atoms with E-state index in [0.717, 1.165) is 22.8 Å². The maximum atomic E-state index is 14.4. The van der Waals surface area contributed by atoms with Crippen molar-refractivity contribution in [2.24, 2.45) is 0 Å². The quantitative estimate of drug-likeness (QED) is 0.232. The first-order valence-electron chi connectivity index (χ1n) is 14.4. The number of H-pyrrole nitrogens is 1. The number of alkyl halides is 3. The van der Waals surface area contributed by atoms with Gasteiger partial charge in [-0.15, -0.1) is 10.2 Å². The van der Waals surface area contributed by atoms with Gasteiger partial charge in [0.2, 0.25) is 0 Å². The average molecular weight is 689 g/mol. The van der Waals surface area contributed by atoms with E-state index in [1.165, 1.54) is 23.4 Å². The predicted octanol–water partition coefficient (Wildman–Crippen LogP) is 6.23. The van der Waals surface area contributed by atoms with Crippen molar-refractivity contribution in [1.29, 1.82) is 0 Å². The molecule has 0 fully saturated rings. The summed E-state index contributed by atoms with van der Waals surface area (Å²) < 4.78 is 44.1. The normalized spacial score (nSPS) is 14.9. The number of fused-ring (bicyclic) bond motifs is 3. The summed E-state index contributed by atoms with van der Waals surface area (Å²) in [6.45, 7) is 1.78. The Kier molecular flexibility index (Phi) is 7.35. The van der Waals surface area contributed by atoms with Crippen molar-refractivity contribution in [3.63, 3.8) is 0 Å². The van der Waals surface area contributed by atoms with Gasteiger partial charge in [0, 0.05) is 39.2 Å². The molecule has 0 unspecified atom stereocenters. The van der Waals surface area contributed by atoms with E-state index >= 15 is 0 Å². The number of benzene rings is 3. The Hall–Kier alpha value is -5.04. The van der Waals surface area contributed by atoms with Gasteiger partial charge < -0.3 is 9.88 Å². The molecule has 0 radical (unpaired) electrons. The molecule has 3 aromatic heterocycles. The van der Waals surface area contributed by atoms with E-state index in [4.69, 9.17) is 5.10 Å². The topological polar surface area (TPSA) is 101 Å². The van der Waals surface area contributed by atoms with E-state index in [2.05, 4.69) is 31.1 Å². The molecule has 4 heterocycles. The second-order valence-corrected chi connectivity index (χ2v) is 12.1. The SMILES string of the molecule is C[C@H]1Cc2c(n3ncc(Cc4ccccc4)c3n(-c3ccc(-c4nnc[nH]4)cc3)c2=O)CN1C(=O)c1ccc(Br)c(C(F)(F)F)c1. The summed E-state index contributed by atoms with van der Waals surface area (Å²) in [7, 11) is 0. The third-order valence-electron chi connectivity index (χ3n) is 8.28. The highest BCUT2D eigenvalue weighted by Gasteiger charge is 2.36. The van der Waals surface area contributed by atoms with Gasteiger partial charge in [-0.3, -0.25) is 14.2 Å². The first-order valence-corrected chi connectivity index (χ1v) is 15.2. The molecule has 0 aliphatic carbocycles. The molecular formula is C33H25BrF3N7O2. The number of nitrogens with one attached hydrogen (secondary N) is 1. The molecule has 13 heteroatoms. The lowest BCUT2D eigenvalue weighted by atomic mass is 9.97. The molecule has 1 aliphatic rings. The molecule has 0 saturated carbocycles. The molecule has 0 saturated heterocycles. The lowest BCUT2D eigenvalue weighted by molar-refractivity contribution is -0.138. The highest BCUT2D eigenvalue weighted by Crippen LogP contribution is 2.36. The molecule has 46 heavy (non-hydrogen) atoms. The van der Waals surface area contributed by atoms with E-state index < -0.39 is 23.7 Å². The Morgan fingerprint density at radius 3 is 2.52 bits per heavy atom. The second kappa shape index (κ2) is 11.4. The van der Waals surface area contributed by atoms with Gasteiger partial charge in [0.25, 0.3) is 11.5 Å². The molecule has 7 rings (SSSR count). The van der Waals surface area contributed by atoms with Crippen molar-refractivity contribution in [2.45, 2.75) is 38.5 Å². The third kappa shape index (κ3) is 5.19. The number of carbonyl (C=O) groups excluding carboxylic acids is 1. The van der Waals surface area contributed by atoms with Crippen molar-refractivity contribution in [3.8, 4) is 17.1 Å². The van der Waals surface area contributed by atoms with Crippen LogP contribution in [0.3, 0.4) is 0 Å². The molecule has 3 aromatic carbocycles. The van der Waals surface area contributed by atoms with Crippen LogP contribution in [-0.2, 0) is 25.6 Å². The zero-order valence-electron chi connectivity index (χ0n) is 24.3. The second-order valence-electron chi connectivity index (χ2n) is 11.2. The zero-order chi connectivity index (χ0) is 32.2. The van der Waals surface area contributed by atoms with Gasteiger partial charge in [0.05, 0.1) is 29.7 Å². The summed E-state index contributed by atoms with van der Waals surface area (Å²) in [4.78, 5) is 32.6. The standard InChI is InChI=1S/C33H25BrF3N7O2/c1-19-13-25-28(17-42(19)31(45)22-9-12-27(34)26(15-22)33(35,36)37)44-30(23(16-40-44)14-20-5-3-2-4-6-20)43(32(25)46)24-10-7-21(8-11-24)29-38-18-39-41-29/h2-12,15-16,18-19H,13-14,17H2,1H3,(H,38,39,41)/t19-/m0/s1. The van der Waals surface area contributed by atoms with Crippen molar-refractivity contribution in [3.05, 3.63) is 134 Å². The molecule has 0 spiro atoms. The number of carbonyl (C=O) groups is 1. The van der Waals surface area contributed by atoms with E-state index in [1.54, 1.807) is 22.2 Å². The van der Waals surface area contributed by atoms with Gasteiger partial charge >= 0.3 is 6.18 Å². The number of hydrogen-bond acceptors (Lipinski definition) is 5. The van der Waals surface area contributed by atoms with Crippen LogP contribution in [-0.4, -0.2) is 46.2 Å². The summed E-state index contributed by atoms with van der Waals surface area (Å²) in [6, 6.07) is 20.1. The van der Waals surface area contributed by atoms with Crippen molar-refractivity contribution in [1.82, 2.24) is 34.3 Å².